The van der Waals surface area contributed by atoms with Crippen LogP contribution < -0.4 is 22.1 Å². The fourth-order valence-corrected chi connectivity index (χ4v) is 5.51. The number of nitrogens with two attached hydrogens (primary N) is 2. The first kappa shape index (κ1) is 25.3. The molecule has 0 saturated heterocycles. The highest BCUT2D eigenvalue weighted by atomic mass is 19.1. The van der Waals surface area contributed by atoms with Crippen molar-refractivity contribution in [1.29, 1.82) is 0 Å². The molecule has 4 aliphatic heterocycles. The van der Waals surface area contributed by atoms with Crippen LogP contribution in [-0.4, -0.2) is 11.8 Å². The number of anilines is 4. The third kappa shape index (κ3) is 4.12. The van der Waals surface area contributed by atoms with Gasteiger partial charge in [-0.25, -0.2) is 8.78 Å². The Morgan fingerprint density at radius 3 is 1.69 bits per heavy atom. The molecule has 8 nitrogen and oxygen atoms in total. The quantitative estimate of drug-likeness (QED) is 0.165. The van der Waals surface area contributed by atoms with Gasteiger partial charge in [0.25, 0.3) is 11.8 Å². The Morgan fingerprint density at radius 2 is 1.07 bits per heavy atom. The molecule has 0 saturated carbocycles. The number of fused-ring (bicyclic) bond motifs is 4. The number of nitrogens with one attached hydrogen (secondary N) is 2. The Balaban J connectivity index is 0.000000137. The van der Waals surface area contributed by atoms with Crippen LogP contribution in [0.1, 0.15) is 33.4 Å². The van der Waals surface area contributed by atoms with E-state index in [0.29, 0.717) is 69.8 Å². The van der Waals surface area contributed by atoms with E-state index < -0.39 is 0 Å². The lowest BCUT2D eigenvalue weighted by atomic mass is 10.0. The highest BCUT2D eigenvalue weighted by Gasteiger charge is 2.34. The van der Waals surface area contributed by atoms with Crippen LogP contribution in [0.3, 0.4) is 0 Å². The van der Waals surface area contributed by atoms with Gasteiger partial charge in [0.1, 0.15) is 36.4 Å². The van der Waals surface area contributed by atoms with Gasteiger partial charge < -0.3 is 31.6 Å². The van der Waals surface area contributed by atoms with E-state index in [0.717, 1.165) is 22.3 Å². The fraction of sp³-hybridized carbons (Fsp3) is 0.0625. The molecule has 0 bridgehead atoms. The zero-order valence-corrected chi connectivity index (χ0v) is 21.9. The minimum absolute atomic E-state index is 0.282. The fourth-order valence-electron chi connectivity index (χ4n) is 5.51. The number of nitrogen functional groups attached to an aromatic ring is 2. The van der Waals surface area contributed by atoms with Crippen LogP contribution >= 0.6 is 0 Å². The third-order valence-corrected chi connectivity index (χ3v) is 7.40. The number of benzene rings is 4. The topological polar surface area (TPSA) is 129 Å². The first-order chi connectivity index (χ1) is 20.3. The zero-order chi connectivity index (χ0) is 29.1. The van der Waals surface area contributed by atoms with Crippen molar-refractivity contribution in [2.75, 3.05) is 22.1 Å². The van der Waals surface area contributed by atoms with Crippen LogP contribution in [-0.2, 0) is 32.3 Å². The number of hydrogen-bond donors (Lipinski definition) is 4. The van der Waals surface area contributed by atoms with Crippen LogP contribution in [0, 0.1) is 11.6 Å². The van der Waals surface area contributed by atoms with Crippen LogP contribution in [0.4, 0.5) is 31.5 Å². The van der Waals surface area contributed by atoms with Crippen LogP contribution in [0.5, 0.6) is 0 Å². The standard InChI is InChI=1S/2C16H11FN2O2/c17-9-1-4-13-12(6-9)14(16(20)19-13)15-11-3-2-10(18)5-8(11)7-21-15;17-9-1-3-12-13(6-9)19-16(20)14(12)15-11-4-2-10(18)5-8(11)7-21-15/h2*1-6H,7,18H2,(H,19,20). The lowest BCUT2D eigenvalue weighted by Gasteiger charge is -2.05. The molecule has 4 heterocycles. The number of carbonyl (C=O) groups is 2. The maximum atomic E-state index is 13.5. The summed E-state index contributed by atoms with van der Waals surface area (Å²) in [5.41, 5.74) is 19.4. The molecule has 2 amide bonds. The molecule has 0 unspecified atom stereocenters. The van der Waals surface area contributed by atoms with Gasteiger partial charge in [0.05, 0.1) is 16.8 Å². The predicted molar refractivity (Wildman–Crippen MR) is 155 cm³/mol. The highest BCUT2D eigenvalue weighted by Crippen LogP contribution is 2.43. The molecule has 4 aliphatic rings. The summed E-state index contributed by atoms with van der Waals surface area (Å²) in [5, 5.41) is 5.39. The molecule has 0 aliphatic carbocycles. The minimum Gasteiger partial charge on any atom is -0.487 e. The first-order valence-electron chi connectivity index (χ1n) is 13.0. The maximum Gasteiger partial charge on any atom is 0.260 e. The normalized spacial score (nSPS) is 19.0. The van der Waals surface area contributed by atoms with Gasteiger partial charge in [-0.1, -0.05) is 0 Å². The zero-order valence-electron chi connectivity index (χ0n) is 21.9. The minimum atomic E-state index is -0.390. The van der Waals surface area contributed by atoms with Gasteiger partial charge in [0.2, 0.25) is 0 Å². The van der Waals surface area contributed by atoms with E-state index in [1.165, 1.54) is 24.3 Å². The summed E-state index contributed by atoms with van der Waals surface area (Å²) in [6, 6.07) is 19.3. The molecule has 10 heteroatoms. The van der Waals surface area contributed by atoms with Crippen LogP contribution in [0.25, 0.3) is 22.7 Å². The molecule has 0 fully saturated rings. The van der Waals surface area contributed by atoms with Crippen molar-refractivity contribution in [3.05, 3.63) is 118 Å². The molecule has 0 atom stereocenters. The van der Waals surface area contributed by atoms with Gasteiger partial charge in [-0.3, -0.25) is 9.59 Å². The van der Waals surface area contributed by atoms with Crippen molar-refractivity contribution in [1.82, 2.24) is 0 Å². The smallest absolute Gasteiger partial charge is 0.260 e. The van der Waals surface area contributed by atoms with Gasteiger partial charge in [0.15, 0.2) is 0 Å². The summed E-state index contributed by atoms with van der Waals surface area (Å²) < 4.78 is 38.1. The van der Waals surface area contributed by atoms with Crippen molar-refractivity contribution < 1.29 is 27.8 Å². The molecule has 42 heavy (non-hydrogen) atoms. The Kier molecular flexibility index (Phi) is 5.72. The number of carbonyl (C=O) groups excluding carboxylic acids is 2. The van der Waals surface area contributed by atoms with E-state index in [1.54, 1.807) is 24.3 Å². The van der Waals surface area contributed by atoms with Gasteiger partial charge >= 0.3 is 0 Å². The summed E-state index contributed by atoms with van der Waals surface area (Å²) in [7, 11) is 0. The SMILES string of the molecule is Nc1ccc2c(c1)COC2=C1C(=O)Nc2cc(F)ccc21.Nc1ccc2c(c1)COC2=C1C(=O)Nc2ccc(F)cc21. The lowest BCUT2D eigenvalue weighted by Crippen LogP contribution is -2.05. The Labute approximate surface area is 238 Å². The molecular formula is C32H22F2N4O4. The Morgan fingerprint density at radius 1 is 0.571 bits per heavy atom. The number of halogens is 2. The van der Waals surface area contributed by atoms with Crippen molar-refractivity contribution >= 4 is 57.2 Å². The van der Waals surface area contributed by atoms with Gasteiger partial charge in [-0.2, -0.15) is 0 Å². The van der Waals surface area contributed by atoms with E-state index >= 15 is 0 Å². The monoisotopic (exact) mass is 564 g/mol. The van der Waals surface area contributed by atoms with Gasteiger partial charge in [0, 0.05) is 50.4 Å². The Hall–Kier alpha value is -5.64. The lowest BCUT2D eigenvalue weighted by molar-refractivity contribution is -0.111. The van der Waals surface area contributed by atoms with Crippen LogP contribution in [0.2, 0.25) is 0 Å². The average Bonchev–Trinajstić information content (AvgIpc) is 3.70. The second-order valence-electron chi connectivity index (χ2n) is 10.1. The van der Waals surface area contributed by atoms with Crippen LogP contribution in [0.15, 0.2) is 72.8 Å². The number of hydrogen-bond acceptors (Lipinski definition) is 6. The second-order valence-corrected chi connectivity index (χ2v) is 10.1. The molecular weight excluding hydrogens is 542 g/mol. The van der Waals surface area contributed by atoms with Crippen molar-refractivity contribution in [2.45, 2.75) is 13.2 Å². The molecule has 0 spiro atoms. The molecule has 208 valence electrons. The summed E-state index contributed by atoms with van der Waals surface area (Å²) in [6.45, 7) is 0.736. The number of rotatable bonds is 0. The summed E-state index contributed by atoms with van der Waals surface area (Å²) >= 11 is 0. The summed E-state index contributed by atoms with van der Waals surface area (Å²) in [6.07, 6.45) is 0. The molecule has 6 N–H and O–H groups in total. The second kappa shape index (κ2) is 9.48. The number of amides is 2. The first-order valence-corrected chi connectivity index (χ1v) is 13.0. The molecule has 4 aromatic rings. The van der Waals surface area contributed by atoms with E-state index in [-0.39, 0.29) is 23.4 Å². The van der Waals surface area contributed by atoms with Crippen molar-refractivity contribution in [3.8, 4) is 0 Å². The molecule has 8 rings (SSSR count). The molecule has 0 radical (unpaired) electrons. The van der Waals surface area contributed by atoms with E-state index in [1.807, 2.05) is 24.3 Å². The van der Waals surface area contributed by atoms with E-state index in [9.17, 15) is 18.4 Å². The van der Waals surface area contributed by atoms with Gasteiger partial charge in [-0.05, 0) is 72.8 Å². The van der Waals surface area contributed by atoms with Crippen molar-refractivity contribution in [3.63, 3.8) is 0 Å². The summed E-state index contributed by atoms with van der Waals surface area (Å²) in [5.74, 6) is -0.343. The summed E-state index contributed by atoms with van der Waals surface area (Å²) in [4.78, 5) is 24.4. The molecule has 4 aromatic carbocycles. The van der Waals surface area contributed by atoms with E-state index in [2.05, 4.69) is 10.6 Å². The Bertz CT molecular complexity index is 1930. The highest BCUT2D eigenvalue weighted by molar-refractivity contribution is 6.37. The van der Waals surface area contributed by atoms with Crippen molar-refractivity contribution in [2.24, 2.45) is 0 Å². The third-order valence-electron chi connectivity index (χ3n) is 7.40. The largest absolute Gasteiger partial charge is 0.487 e. The average molecular weight is 565 g/mol. The van der Waals surface area contributed by atoms with Gasteiger partial charge in [-0.15, -0.1) is 0 Å². The van der Waals surface area contributed by atoms with E-state index in [4.69, 9.17) is 20.9 Å². The number of ether oxygens (including phenoxy) is 2. The maximum absolute atomic E-state index is 13.5. The molecule has 0 aromatic heterocycles. The predicted octanol–water partition coefficient (Wildman–Crippen LogP) is 5.52.